The van der Waals surface area contributed by atoms with Crippen molar-refractivity contribution < 1.29 is 17.6 Å². The van der Waals surface area contributed by atoms with Crippen molar-refractivity contribution in [1.82, 2.24) is 14.7 Å². The summed E-state index contributed by atoms with van der Waals surface area (Å²) in [6, 6.07) is 16.5. The minimum absolute atomic E-state index is 0.00767. The van der Waals surface area contributed by atoms with Crippen LogP contribution < -0.4 is 10.0 Å². The molecule has 0 bridgehead atoms. The summed E-state index contributed by atoms with van der Waals surface area (Å²) in [4.78, 5) is 20.3. The number of nitrogens with zero attached hydrogens (tertiary/aromatic N) is 1. The van der Waals surface area contributed by atoms with E-state index < -0.39 is 10.0 Å². The molecule has 0 aliphatic heterocycles. The first-order valence-corrected chi connectivity index (χ1v) is 13.0. The lowest BCUT2D eigenvalue weighted by Crippen LogP contribution is -2.28. The average molecular weight is 493 g/mol. The lowest BCUT2D eigenvalue weighted by atomic mass is 9.92. The first-order valence-electron chi connectivity index (χ1n) is 11.5. The molecular weight excluding hydrogens is 467 g/mol. The number of fused-ring (bicyclic) bond motifs is 2. The molecule has 1 aliphatic rings. The molecule has 1 aromatic heterocycles. The van der Waals surface area contributed by atoms with Crippen molar-refractivity contribution in [1.29, 1.82) is 0 Å². The summed E-state index contributed by atoms with van der Waals surface area (Å²) >= 11 is 0. The standard InChI is InChI=1S/C26H25FN4O3S/c27-20-8-5-18(6-9-20)26-30-23-12-10-21(16-24(23)31-26)29-25(32)13-14-28-35(33,34)22-11-7-17-3-1-2-4-19(17)15-22/h5-12,15-16,28H,1-4,13-14H2,(H,29,32)(H,30,31). The highest BCUT2D eigenvalue weighted by Gasteiger charge is 2.18. The Kier molecular flexibility index (Phi) is 6.36. The van der Waals surface area contributed by atoms with E-state index in [4.69, 9.17) is 0 Å². The van der Waals surface area contributed by atoms with Crippen molar-refractivity contribution in [2.75, 3.05) is 11.9 Å². The molecule has 0 atom stereocenters. The van der Waals surface area contributed by atoms with Gasteiger partial charge in [0.1, 0.15) is 11.6 Å². The third kappa shape index (κ3) is 5.26. The van der Waals surface area contributed by atoms with Crippen molar-refractivity contribution in [3.05, 3.63) is 77.6 Å². The molecule has 180 valence electrons. The molecule has 0 saturated carbocycles. The Morgan fingerprint density at radius 1 is 0.971 bits per heavy atom. The lowest BCUT2D eigenvalue weighted by molar-refractivity contribution is -0.116. The van der Waals surface area contributed by atoms with Gasteiger partial charge in [0.05, 0.1) is 15.9 Å². The van der Waals surface area contributed by atoms with Crippen molar-refractivity contribution >= 4 is 32.7 Å². The maximum absolute atomic E-state index is 13.2. The summed E-state index contributed by atoms with van der Waals surface area (Å²) in [5.74, 6) is -0.0318. The Hall–Kier alpha value is -3.56. The third-order valence-electron chi connectivity index (χ3n) is 6.16. The van der Waals surface area contributed by atoms with Crippen LogP contribution in [0.4, 0.5) is 10.1 Å². The normalized spacial score (nSPS) is 13.5. The predicted molar refractivity (Wildman–Crippen MR) is 133 cm³/mol. The Morgan fingerprint density at radius 3 is 2.54 bits per heavy atom. The zero-order chi connectivity index (χ0) is 24.4. The fraction of sp³-hybridized carbons (Fsp3) is 0.231. The zero-order valence-electron chi connectivity index (χ0n) is 19.0. The SMILES string of the molecule is O=C(CCNS(=O)(=O)c1ccc2c(c1)CCCC2)Nc1ccc2nc(-c3ccc(F)cc3)[nH]c2c1. The van der Waals surface area contributed by atoms with Crippen LogP contribution in [0.3, 0.4) is 0 Å². The van der Waals surface area contributed by atoms with Crippen LogP contribution in [0, 0.1) is 5.82 Å². The van der Waals surface area contributed by atoms with Crippen LogP contribution in [0.5, 0.6) is 0 Å². The van der Waals surface area contributed by atoms with Gasteiger partial charge in [-0.1, -0.05) is 6.07 Å². The van der Waals surface area contributed by atoms with Gasteiger partial charge in [-0.2, -0.15) is 0 Å². The molecule has 0 unspecified atom stereocenters. The van der Waals surface area contributed by atoms with E-state index in [1.807, 2.05) is 6.07 Å². The fourth-order valence-electron chi connectivity index (χ4n) is 4.31. The second-order valence-corrected chi connectivity index (χ2v) is 10.4. The van der Waals surface area contributed by atoms with Crippen LogP contribution in [-0.2, 0) is 27.7 Å². The number of carbonyl (C=O) groups excluding carboxylic acids is 1. The minimum atomic E-state index is -3.68. The zero-order valence-corrected chi connectivity index (χ0v) is 19.8. The van der Waals surface area contributed by atoms with Gasteiger partial charge in [0, 0.05) is 24.2 Å². The molecule has 0 radical (unpaired) electrons. The van der Waals surface area contributed by atoms with Crippen molar-refractivity contribution in [2.45, 2.75) is 37.0 Å². The molecule has 7 nitrogen and oxygen atoms in total. The number of rotatable bonds is 7. The number of halogens is 1. The quantitative estimate of drug-likeness (QED) is 0.352. The lowest BCUT2D eigenvalue weighted by Gasteiger charge is -2.16. The highest BCUT2D eigenvalue weighted by atomic mass is 32.2. The van der Waals surface area contributed by atoms with E-state index in [0.29, 0.717) is 17.0 Å². The number of H-pyrrole nitrogens is 1. The van der Waals surface area contributed by atoms with Crippen LogP contribution in [0.15, 0.2) is 65.6 Å². The minimum Gasteiger partial charge on any atom is -0.338 e. The number of benzene rings is 3. The Morgan fingerprint density at radius 2 is 1.74 bits per heavy atom. The number of imidazole rings is 1. The van der Waals surface area contributed by atoms with Crippen molar-refractivity contribution in [3.63, 3.8) is 0 Å². The molecule has 0 saturated heterocycles. The Bertz CT molecular complexity index is 1500. The van der Waals surface area contributed by atoms with Crippen LogP contribution in [0.2, 0.25) is 0 Å². The summed E-state index contributed by atoms with van der Waals surface area (Å²) in [5.41, 5.74) is 5.05. The van der Waals surface area contributed by atoms with E-state index >= 15 is 0 Å². The van der Waals surface area contributed by atoms with Crippen molar-refractivity contribution in [2.24, 2.45) is 0 Å². The molecule has 4 aromatic rings. The Balaban J connectivity index is 1.19. The summed E-state index contributed by atoms with van der Waals surface area (Å²) in [6.45, 7) is -0.00767. The van der Waals surface area contributed by atoms with E-state index in [2.05, 4.69) is 20.0 Å². The second-order valence-electron chi connectivity index (χ2n) is 8.66. The van der Waals surface area contributed by atoms with E-state index in [1.165, 1.54) is 17.7 Å². The maximum atomic E-state index is 13.2. The van der Waals surface area contributed by atoms with Gasteiger partial charge in [-0.3, -0.25) is 4.79 Å². The van der Waals surface area contributed by atoms with Crippen LogP contribution in [-0.4, -0.2) is 30.8 Å². The first-order chi connectivity index (χ1) is 16.9. The average Bonchev–Trinajstić information content (AvgIpc) is 3.27. The molecule has 35 heavy (non-hydrogen) atoms. The summed E-state index contributed by atoms with van der Waals surface area (Å²) in [7, 11) is -3.68. The van der Waals surface area contributed by atoms with E-state index in [9.17, 15) is 17.6 Å². The summed E-state index contributed by atoms with van der Waals surface area (Å²) in [5, 5.41) is 2.79. The molecule has 1 heterocycles. The van der Waals surface area contributed by atoms with Gasteiger partial charge in [-0.25, -0.2) is 22.5 Å². The number of sulfonamides is 1. The van der Waals surface area contributed by atoms with E-state index in [-0.39, 0.29) is 29.6 Å². The molecule has 1 amide bonds. The number of carbonyl (C=O) groups is 1. The van der Waals surface area contributed by atoms with Crippen LogP contribution in [0.1, 0.15) is 30.4 Å². The topological polar surface area (TPSA) is 104 Å². The molecule has 1 aliphatic carbocycles. The molecular formula is C26H25FN4O3S. The van der Waals surface area contributed by atoms with Gasteiger partial charge < -0.3 is 10.3 Å². The fourth-order valence-corrected chi connectivity index (χ4v) is 5.40. The summed E-state index contributed by atoms with van der Waals surface area (Å²) in [6.07, 6.45) is 4.08. The van der Waals surface area contributed by atoms with Gasteiger partial charge in [0.25, 0.3) is 0 Å². The van der Waals surface area contributed by atoms with E-state index in [1.54, 1.807) is 42.5 Å². The number of hydrogen-bond donors (Lipinski definition) is 3. The first kappa shape index (κ1) is 23.2. The number of amides is 1. The molecule has 3 aromatic carbocycles. The highest BCUT2D eigenvalue weighted by molar-refractivity contribution is 7.89. The highest BCUT2D eigenvalue weighted by Crippen LogP contribution is 2.25. The van der Waals surface area contributed by atoms with E-state index in [0.717, 1.165) is 42.3 Å². The smallest absolute Gasteiger partial charge is 0.240 e. The van der Waals surface area contributed by atoms with Gasteiger partial charge >= 0.3 is 0 Å². The van der Waals surface area contributed by atoms with Crippen LogP contribution >= 0.6 is 0 Å². The number of nitrogens with one attached hydrogen (secondary N) is 3. The number of aromatic nitrogens is 2. The number of aryl methyl sites for hydroxylation is 2. The molecule has 0 spiro atoms. The maximum Gasteiger partial charge on any atom is 0.240 e. The largest absolute Gasteiger partial charge is 0.338 e. The number of aromatic amines is 1. The second kappa shape index (κ2) is 9.59. The third-order valence-corrected chi connectivity index (χ3v) is 7.62. The van der Waals surface area contributed by atoms with Crippen LogP contribution in [0.25, 0.3) is 22.4 Å². The molecule has 0 fully saturated rings. The monoisotopic (exact) mass is 492 g/mol. The molecule has 3 N–H and O–H groups in total. The molecule has 9 heteroatoms. The predicted octanol–water partition coefficient (Wildman–Crippen LogP) is 4.55. The summed E-state index contributed by atoms with van der Waals surface area (Å²) < 4.78 is 41.0. The van der Waals surface area contributed by atoms with Crippen molar-refractivity contribution in [3.8, 4) is 11.4 Å². The van der Waals surface area contributed by atoms with Gasteiger partial charge in [0.2, 0.25) is 15.9 Å². The van der Waals surface area contributed by atoms with Gasteiger partial charge in [0.15, 0.2) is 0 Å². The molecule has 5 rings (SSSR count). The number of anilines is 1. The number of hydrogen-bond acceptors (Lipinski definition) is 4. The van der Waals surface area contributed by atoms with Gasteiger partial charge in [-0.15, -0.1) is 0 Å². The van der Waals surface area contributed by atoms with Gasteiger partial charge in [-0.05, 0) is 91.4 Å². The Labute approximate surface area is 202 Å².